The molecule has 0 aliphatic heterocycles. The first-order valence-electron chi connectivity index (χ1n) is 13.6. The molecule has 3 heteroatoms. The van der Waals surface area contributed by atoms with Crippen molar-refractivity contribution in [3.05, 3.63) is 11.6 Å². The Morgan fingerprint density at radius 3 is 2.59 bits per heavy atom. The second-order valence-corrected chi connectivity index (χ2v) is 12.8. The van der Waals surface area contributed by atoms with E-state index < -0.39 is 6.10 Å². The lowest BCUT2D eigenvalue weighted by molar-refractivity contribution is -0.154. The van der Waals surface area contributed by atoms with Gasteiger partial charge >= 0.3 is 5.97 Å². The van der Waals surface area contributed by atoms with Gasteiger partial charge in [-0.15, -0.1) is 0 Å². The lowest BCUT2D eigenvalue weighted by Gasteiger charge is -2.59. The van der Waals surface area contributed by atoms with Crippen molar-refractivity contribution < 1.29 is 14.6 Å². The number of rotatable bonds is 6. The average Bonchev–Trinajstić information content (AvgIpc) is 3.05. The van der Waals surface area contributed by atoms with Gasteiger partial charge < -0.3 is 9.84 Å². The van der Waals surface area contributed by atoms with Crippen LogP contribution in [0, 0.1) is 46.3 Å². The van der Waals surface area contributed by atoms with Crippen molar-refractivity contribution in [3.8, 4) is 0 Å². The van der Waals surface area contributed by atoms with Gasteiger partial charge in [0.05, 0.1) is 6.10 Å². The van der Waals surface area contributed by atoms with E-state index in [-0.39, 0.29) is 17.5 Å². The molecule has 3 fully saturated rings. The first kappa shape index (κ1) is 24.3. The van der Waals surface area contributed by atoms with Crippen LogP contribution in [0.2, 0.25) is 0 Å². The molecule has 4 rings (SSSR count). The topological polar surface area (TPSA) is 46.5 Å². The Hall–Kier alpha value is -0.830. The van der Waals surface area contributed by atoms with Crippen LogP contribution in [-0.2, 0) is 9.53 Å². The Bertz CT molecular complexity index is 726. The zero-order chi connectivity index (χ0) is 23.3. The molecule has 0 aromatic heterocycles. The summed E-state index contributed by atoms with van der Waals surface area (Å²) in [5.41, 5.74) is 1.70. The highest BCUT2D eigenvalue weighted by Gasteiger charge is 2.61. The van der Waals surface area contributed by atoms with Gasteiger partial charge in [-0.2, -0.15) is 0 Å². The lowest BCUT2D eigenvalue weighted by Crippen LogP contribution is -2.56. The normalized spacial score (nSPS) is 44.3. The van der Waals surface area contributed by atoms with E-state index in [9.17, 15) is 9.90 Å². The Morgan fingerprint density at radius 1 is 1.16 bits per heavy atom. The molecule has 0 bridgehead atoms. The van der Waals surface area contributed by atoms with Crippen LogP contribution in [0.5, 0.6) is 0 Å². The van der Waals surface area contributed by atoms with Gasteiger partial charge in [0.25, 0.3) is 0 Å². The SMILES string of the molecule is CC(=O)O[C@@H]1CC2=CC[C@H]3[C@@H]4CC[C@H]([C@H](C)CCCC(C)C)[C@@]4(C)CC[C@@H]3[C@@]2(C)[C@@H](O)C1. The van der Waals surface area contributed by atoms with Gasteiger partial charge in [0.2, 0.25) is 0 Å². The molecule has 0 aromatic carbocycles. The van der Waals surface area contributed by atoms with Crippen LogP contribution in [0.25, 0.3) is 0 Å². The quantitative estimate of drug-likeness (QED) is 0.357. The Morgan fingerprint density at radius 2 is 1.91 bits per heavy atom. The number of esters is 1. The zero-order valence-electron chi connectivity index (χ0n) is 21.5. The molecule has 32 heavy (non-hydrogen) atoms. The zero-order valence-corrected chi connectivity index (χ0v) is 21.5. The number of hydrogen-bond donors (Lipinski definition) is 1. The summed E-state index contributed by atoms with van der Waals surface area (Å²) in [6.07, 6.45) is 13.9. The highest BCUT2D eigenvalue weighted by atomic mass is 16.5. The van der Waals surface area contributed by atoms with E-state index >= 15 is 0 Å². The highest BCUT2D eigenvalue weighted by Crippen LogP contribution is 2.67. The minimum absolute atomic E-state index is 0.137. The third-order valence-corrected chi connectivity index (χ3v) is 10.7. The summed E-state index contributed by atoms with van der Waals surface area (Å²) >= 11 is 0. The van der Waals surface area contributed by atoms with Crippen LogP contribution in [0.4, 0.5) is 0 Å². The maximum Gasteiger partial charge on any atom is 0.302 e. The molecule has 3 saturated carbocycles. The maximum absolute atomic E-state index is 11.5. The Kier molecular flexibility index (Phi) is 6.90. The van der Waals surface area contributed by atoms with E-state index in [2.05, 4.69) is 40.7 Å². The van der Waals surface area contributed by atoms with E-state index in [1.165, 1.54) is 57.4 Å². The van der Waals surface area contributed by atoms with Crippen LogP contribution < -0.4 is 0 Å². The summed E-state index contributed by atoms with van der Waals surface area (Å²) in [7, 11) is 0. The first-order valence-corrected chi connectivity index (χ1v) is 13.6. The van der Waals surface area contributed by atoms with Gasteiger partial charge in [0, 0.05) is 25.2 Å². The Labute approximate surface area is 196 Å². The molecule has 182 valence electrons. The number of ether oxygens (including phenoxy) is 1. The van der Waals surface area contributed by atoms with Crippen LogP contribution in [0.3, 0.4) is 0 Å². The maximum atomic E-state index is 11.5. The average molecular weight is 445 g/mol. The minimum Gasteiger partial charge on any atom is -0.462 e. The molecule has 4 aliphatic rings. The molecular weight excluding hydrogens is 396 g/mol. The molecule has 3 nitrogen and oxygen atoms in total. The van der Waals surface area contributed by atoms with Crippen molar-refractivity contribution in [2.24, 2.45) is 46.3 Å². The fourth-order valence-corrected chi connectivity index (χ4v) is 9.03. The second kappa shape index (κ2) is 9.08. The molecule has 9 atom stereocenters. The van der Waals surface area contributed by atoms with Crippen molar-refractivity contribution in [1.82, 2.24) is 0 Å². The van der Waals surface area contributed by atoms with E-state index in [0.717, 1.165) is 36.5 Å². The van der Waals surface area contributed by atoms with E-state index in [0.29, 0.717) is 23.7 Å². The fourth-order valence-electron chi connectivity index (χ4n) is 9.03. The van der Waals surface area contributed by atoms with Gasteiger partial charge in [-0.05, 0) is 73.0 Å². The smallest absolute Gasteiger partial charge is 0.302 e. The van der Waals surface area contributed by atoms with Crippen molar-refractivity contribution in [1.29, 1.82) is 0 Å². The third kappa shape index (κ3) is 4.10. The van der Waals surface area contributed by atoms with E-state index in [1.807, 2.05) is 0 Å². The van der Waals surface area contributed by atoms with Gasteiger partial charge in [0.1, 0.15) is 6.10 Å². The summed E-state index contributed by atoms with van der Waals surface area (Å²) in [6, 6.07) is 0. The molecule has 4 aliphatic carbocycles. The monoisotopic (exact) mass is 444 g/mol. The molecule has 0 aromatic rings. The predicted octanol–water partition coefficient (Wildman–Crippen LogP) is 6.93. The third-order valence-electron chi connectivity index (χ3n) is 10.7. The number of carbonyl (C=O) groups is 1. The van der Waals surface area contributed by atoms with E-state index in [4.69, 9.17) is 4.74 Å². The molecular formula is C29H48O3. The summed E-state index contributed by atoms with van der Waals surface area (Å²) in [5, 5.41) is 11.3. The standard InChI is InChI=1S/C29H48O3/c1-18(2)8-7-9-19(3)24-12-13-25-23-11-10-21-16-22(32-20(4)30)17-27(31)29(21,6)26(23)14-15-28(24,25)5/h10,18-19,22-27,31H,7-9,11-17H2,1-6H3/t19-,22-,23+,24-,25+,26+,27+,28-,29+/m1/s1. The number of fused-ring (bicyclic) bond motifs is 5. The molecule has 0 spiro atoms. The molecule has 0 unspecified atom stereocenters. The second-order valence-electron chi connectivity index (χ2n) is 12.8. The van der Waals surface area contributed by atoms with Crippen LogP contribution in [-0.4, -0.2) is 23.3 Å². The number of hydrogen-bond acceptors (Lipinski definition) is 3. The van der Waals surface area contributed by atoms with Gasteiger partial charge in [-0.1, -0.05) is 65.5 Å². The van der Waals surface area contributed by atoms with Crippen molar-refractivity contribution in [2.45, 2.75) is 118 Å². The summed E-state index contributed by atoms with van der Waals surface area (Å²) in [4.78, 5) is 11.5. The van der Waals surface area contributed by atoms with Crippen LogP contribution in [0.15, 0.2) is 11.6 Å². The number of aliphatic hydroxyl groups excluding tert-OH is 1. The summed E-state index contributed by atoms with van der Waals surface area (Å²) in [5.74, 6) is 4.36. The molecule has 0 heterocycles. The van der Waals surface area contributed by atoms with Crippen LogP contribution >= 0.6 is 0 Å². The first-order chi connectivity index (χ1) is 15.1. The van der Waals surface area contributed by atoms with Gasteiger partial charge in [-0.25, -0.2) is 0 Å². The molecule has 0 radical (unpaired) electrons. The van der Waals surface area contributed by atoms with Crippen LogP contribution in [0.1, 0.15) is 106 Å². The van der Waals surface area contributed by atoms with Crippen molar-refractivity contribution >= 4 is 5.97 Å². The molecule has 1 N–H and O–H groups in total. The van der Waals surface area contributed by atoms with Gasteiger partial charge in [0.15, 0.2) is 0 Å². The minimum atomic E-state index is -0.406. The summed E-state index contributed by atoms with van der Waals surface area (Å²) < 4.78 is 5.52. The summed E-state index contributed by atoms with van der Waals surface area (Å²) in [6.45, 7) is 13.7. The molecule has 0 saturated heterocycles. The Balaban J connectivity index is 1.50. The van der Waals surface area contributed by atoms with E-state index in [1.54, 1.807) is 0 Å². The largest absolute Gasteiger partial charge is 0.462 e. The number of allylic oxidation sites excluding steroid dienone is 1. The number of carbonyl (C=O) groups excluding carboxylic acids is 1. The fraction of sp³-hybridized carbons (Fsp3) is 0.897. The van der Waals surface area contributed by atoms with Crippen molar-refractivity contribution in [2.75, 3.05) is 0 Å². The number of aliphatic hydroxyl groups is 1. The van der Waals surface area contributed by atoms with Crippen molar-refractivity contribution in [3.63, 3.8) is 0 Å². The molecule has 0 amide bonds. The highest BCUT2D eigenvalue weighted by molar-refractivity contribution is 5.66. The predicted molar refractivity (Wildman–Crippen MR) is 130 cm³/mol. The van der Waals surface area contributed by atoms with Gasteiger partial charge in [-0.3, -0.25) is 4.79 Å². The lowest BCUT2D eigenvalue weighted by atomic mass is 9.46.